The van der Waals surface area contributed by atoms with E-state index in [1.165, 1.54) is 10.7 Å². The van der Waals surface area contributed by atoms with Crippen molar-refractivity contribution in [3.8, 4) is 17.4 Å². The Morgan fingerprint density at radius 3 is 2.71 bits per heavy atom. The summed E-state index contributed by atoms with van der Waals surface area (Å²) in [5, 5.41) is 7.40. The van der Waals surface area contributed by atoms with Crippen molar-refractivity contribution in [1.82, 2.24) is 19.7 Å². The molecule has 4 rings (SSSR count). The minimum Gasteiger partial charge on any atom is -0.463 e. The number of hydrogen-bond acceptors (Lipinski definition) is 5. The molecule has 8 heteroatoms. The van der Waals surface area contributed by atoms with Crippen LogP contribution in [0, 0.1) is 13.8 Å². The highest BCUT2D eigenvalue weighted by Gasteiger charge is 2.18. The van der Waals surface area contributed by atoms with Crippen LogP contribution in [0.25, 0.3) is 17.4 Å². The fourth-order valence-corrected chi connectivity index (χ4v) is 3.23. The number of furan rings is 1. The number of H-pyrrole nitrogens is 1. The molecule has 158 valence electrons. The van der Waals surface area contributed by atoms with Gasteiger partial charge in [-0.1, -0.05) is 19.4 Å². The Bertz CT molecular complexity index is 1290. The molecule has 2 N–H and O–H groups in total. The Labute approximate surface area is 179 Å². The highest BCUT2D eigenvalue weighted by molar-refractivity contribution is 6.04. The molecule has 1 amide bonds. The molecule has 0 unspecified atom stereocenters. The molecule has 0 saturated carbocycles. The quantitative estimate of drug-likeness (QED) is 0.493. The third kappa shape index (κ3) is 4.32. The van der Waals surface area contributed by atoms with Gasteiger partial charge in [0, 0.05) is 23.4 Å². The van der Waals surface area contributed by atoms with Crippen LogP contribution < -0.4 is 10.9 Å². The molecule has 3 aromatic heterocycles. The molecule has 0 radical (unpaired) electrons. The van der Waals surface area contributed by atoms with E-state index in [0.29, 0.717) is 35.0 Å². The third-order valence-corrected chi connectivity index (χ3v) is 4.98. The highest BCUT2D eigenvalue weighted by atomic mass is 16.3. The Morgan fingerprint density at radius 2 is 2.00 bits per heavy atom. The van der Waals surface area contributed by atoms with Crippen molar-refractivity contribution in [3.63, 3.8) is 0 Å². The van der Waals surface area contributed by atoms with Crippen LogP contribution in [0.5, 0.6) is 0 Å². The second kappa shape index (κ2) is 8.43. The molecule has 31 heavy (non-hydrogen) atoms. The molecule has 0 aliphatic rings. The van der Waals surface area contributed by atoms with Gasteiger partial charge >= 0.3 is 0 Å². The summed E-state index contributed by atoms with van der Waals surface area (Å²) in [5.74, 6) is 0.838. The molecule has 4 aromatic rings. The molecule has 1 aromatic carbocycles. The highest BCUT2D eigenvalue weighted by Crippen LogP contribution is 2.24. The van der Waals surface area contributed by atoms with Crippen molar-refractivity contribution in [2.75, 3.05) is 5.32 Å². The van der Waals surface area contributed by atoms with Gasteiger partial charge in [-0.15, -0.1) is 0 Å². The number of nitrogens with one attached hydrogen (secondary N) is 2. The Morgan fingerprint density at radius 1 is 1.16 bits per heavy atom. The van der Waals surface area contributed by atoms with Gasteiger partial charge in [-0.05, 0) is 55.7 Å². The average Bonchev–Trinajstić information content (AvgIpc) is 3.40. The zero-order chi connectivity index (χ0) is 22.0. The molecule has 3 heterocycles. The minimum atomic E-state index is -0.290. The van der Waals surface area contributed by atoms with Crippen LogP contribution >= 0.6 is 0 Å². The molecule has 0 atom stereocenters. The Balaban J connectivity index is 1.77. The van der Waals surface area contributed by atoms with Crippen molar-refractivity contribution in [3.05, 3.63) is 81.5 Å². The number of carbonyl (C=O) groups excluding carboxylic acids is 1. The summed E-state index contributed by atoms with van der Waals surface area (Å²) in [7, 11) is 0. The van der Waals surface area contributed by atoms with Crippen LogP contribution in [0.1, 0.15) is 40.5 Å². The van der Waals surface area contributed by atoms with Crippen LogP contribution in [0.15, 0.2) is 57.9 Å². The number of aryl methyl sites for hydroxylation is 3. The molecular formula is C23H23N5O3. The maximum atomic E-state index is 12.9. The van der Waals surface area contributed by atoms with E-state index in [2.05, 4.69) is 20.4 Å². The number of benzene rings is 1. The zero-order valence-corrected chi connectivity index (χ0v) is 17.6. The van der Waals surface area contributed by atoms with Crippen LogP contribution in [-0.4, -0.2) is 25.7 Å². The van der Waals surface area contributed by atoms with Gasteiger partial charge in [0.05, 0.1) is 6.26 Å². The van der Waals surface area contributed by atoms with Crippen molar-refractivity contribution in [2.45, 2.75) is 33.6 Å². The number of carbonyl (C=O) groups is 1. The lowest BCUT2D eigenvalue weighted by molar-refractivity contribution is 0.102. The van der Waals surface area contributed by atoms with Crippen molar-refractivity contribution in [1.29, 1.82) is 0 Å². The smallest absolute Gasteiger partial charge is 0.256 e. The van der Waals surface area contributed by atoms with E-state index in [9.17, 15) is 9.59 Å². The van der Waals surface area contributed by atoms with Crippen LogP contribution in [0.2, 0.25) is 0 Å². The minimum absolute atomic E-state index is 0.226. The van der Waals surface area contributed by atoms with Crippen molar-refractivity contribution >= 4 is 11.7 Å². The standard InChI is InChI=1S/C23H23N5O3/c1-4-6-17-12-21(29)26-23(24-17)28-20(13-18(27-28)19-7-5-10-31-19)25-22(30)16-9-8-14(2)15(3)11-16/h5,7-13H,4,6H2,1-3H3,(H,25,30)(H,24,26,29). The van der Waals surface area contributed by atoms with E-state index in [1.807, 2.05) is 32.9 Å². The first-order valence-corrected chi connectivity index (χ1v) is 10.1. The fraction of sp³-hybridized carbons (Fsp3) is 0.217. The van der Waals surface area contributed by atoms with Gasteiger partial charge in [-0.2, -0.15) is 9.78 Å². The van der Waals surface area contributed by atoms with Gasteiger partial charge < -0.3 is 9.73 Å². The predicted molar refractivity (Wildman–Crippen MR) is 118 cm³/mol. The average molecular weight is 417 g/mol. The predicted octanol–water partition coefficient (Wildman–Crippen LogP) is 4.04. The number of aromatic amines is 1. The Kier molecular flexibility index (Phi) is 5.53. The monoisotopic (exact) mass is 417 g/mol. The molecule has 0 fully saturated rings. The maximum absolute atomic E-state index is 12.9. The van der Waals surface area contributed by atoms with Crippen molar-refractivity contribution in [2.24, 2.45) is 0 Å². The number of anilines is 1. The summed E-state index contributed by atoms with van der Waals surface area (Å²) in [6.45, 7) is 5.97. The SMILES string of the molecule is CCCc1cc(=O)[nH]c(-n2nc(-c3ccco3)cc2NC(=O)c2ccc(C)c(C)c2)n1. The largest absolute Gasteiger partial charge is 0.463 e. The molecule has 0 aliphatic carbocycles. The van der Waals surface area contributed by atoms with Crippen LogP contribution in [0.4, 0.5) is 5.82 Å². The normalized spacial score (nSPS) is 10.9. The molecule has 0 bridgehead atoms. The molecular weight excluding hydrogens is 394 g/mol. The van der Waals surface area contributed by atoms with E-state index in [1.54, 1.807) is 30.5 Å². The first-order chi connectivity index (χ1) is 14.9. The number of aromatic nitrogens is 4. The number of nitrogens with zero attached hydrogens (tertiary/aromatic N) is 3. The topological polar surface area (TPSA) is 106 Å². The fourth-order valence-electron chi connectivity index (χ4n) is 3.23. The first kappa shape index (κ1) is 20.3. The van der Waals surface area contributed by atoms with Crippen LogP contribution in [0.3, 0.4) is 0 Å². The van der Waals surface area contributed by atoms with Gasteiger partial charge in [0.2, 0.25) is 5.95 Å². The lowest BCUT2D eigenvalue weighted by Crippen LogP contribution is -2.19. The summed E-state index contributed by atoms with van der Waals surface area (Å²) in [6, 6.07) is 12.2. The first-order valence-electron chi connectivity index (χ1n) is 10.1. The molecule has 0 saturated heterocycles. The van der Waals surface area contributed by atoms with E-state index in [-0.39, 0.29) is 17.4 Å². The van der Waals surface area contributed by atoms with Crippen molar-refractivity contribution < 1.29 is 9.21 Å². The van der Waals surface area contributed by atoms with Gasteiger partial charge in [-0.25, -0.2) is 4.98 Å². The van der Waals surface area contributed by atoms with E-state index >= 15 is 0 Å². The maximum Gasteiger partial charge on any atom is 0.256 e. The summed E-state index contributed by atoms with van der Waals surface area (Å²) < 4.78 is 6.86. The summed E-state index contributed by atoms with van der Waals surface area (Å²) >= 11 is 0. The summed E-state index contributed by atoms with van der Waals surface area (Å²) in [6.07, 6.45) is 3.06. The van der Waals surface area contributed by atoms with Crippen LogP contribution in [-0.2, 0) is 6.42 Å². The molecule has 0 aliphatic heterocycles. The van der Waals surface area contributed by atoms with Gasteiger partial charge in [0.1, 0.15) is 11.5 Å². The zero-order valence-electron chi connectivity index (χ0n) is 17.6. The third-order valence-electron chi connectivity index (χ3n) is 4.98. The number of amides is 1. The van der Waals surface area contributed by atoms with E-state index in [4.69, 9.17) is 4.42 Å². The lowest BCUT2D eigenvalue weighted by Gasteiger charge is -2.10. The van der Waals surface area contributed by atoms with Gasteiger partial charge in [0.25, 0.3) is 11.5 Å². The number of hydrogen-bond donors (Lipinski definition) is 2. The number of rotatable bonds is 6. The lowest BCUT2D eigenvalue weighted by atomic mass is 10.1. The van der Waals surface area contributed by atoms with Gasteiger partial charge in [0.15, 0.2) is 5.76 Å². The van der Waals surface area contributed by atoms with Gasteiger partial charge in [-0.3, -0.25) is 14.6 Å². The summed E-state index contributed by atoms with van der Waals surface area (Å²) in [4.78, 5) is 32.3. The molecule has 8 nitrogen and oxygen atoms in total. The Hall–Kier alpha value is -3.94. The second-order valence-corrected chi connectivity index (χ2v) is 7.37. The molecule has 0 spiro atoms. The van der Waals surface area contributed by atoms with E-state index < -0.39 is 0 Å². The van der Waals surface area contributed by atoms with E-state index in [0.717, 1.165) is 17.5 Å². The second-order valence-electron chi connectivity index (χ2n) is 7.37. The summed E-state index contributed by atoms with van der Waals surface area (Å²) in [5.41, 5.74) is 3.53.